The molecule has 1 aromatic carbocycles. The molecule has 0 aliphatic heterocycles. The molecular formula is C27H40N6O7. The Labute approximate surface area is 234 Å². The molecule has 3 amide bonds. The third-order valence-corrected chi connectivity index (χ3v) is 5.55. The Morgan fingerprint density at radius 3 is 2.30 bits per heavy atom. The first-order valence-corrected chi connectivity index (χ1v) is 13.0. The summed E-state index contributed by atoms with van der Waals surface area (Å²) in [6.07, 6.45) is 0.794. The first-order chi connectivity index (χ1) is 18.8. The topological polar surface area (TPSA) is 176 Å². The summed E-state index contributed by atoms with van der Waals surface area (Å²) < 4.78 is 16.7. The largest absolute Gasteiger partial charge is 0.497 e. The van der Waals surface area contributed by atoms with Gasteiger partial charge in [-0.25, -0.2) is 9.59 Å². The van der Waals surface area contributed by atoms with Crippen molar-refractivity contribution in [3.63, 3.8) is 0 Å². The summed E-state index contributed by atoms with van der Waals surface area (Å²) in [4.78, 5) is 49.6. The van der Waals surface area contributed by atoms with E-state index in [-0.39, 0.29) is 24.5 Å². The fraction of sp³-hybridized carbons (Fsp3) is 0.519. The summed E-state index contributed by atoms with van der Waals surface area (Å²) in [6, 6.07) is 6.89. The Morgan fingerprint density at radius 1 is 1.05 bits per heavy atom. The van der Waals surface area contributed by atoms with Crippen LogP contribution in [0.25, 0.3) is 0 Å². The smallest absolute Gasteiger partial charge is 0.407 e. The lowest BCUT2D eigenvalue weighted by atomic mass is 10.1. The molecule has 0 radical (unpaired) electrons. The van der Waals surface area contributed by atoms with E-state index in [1.165, 1.54) is 24.8 Å². The number of esters is 1. The molecule has 0 spiro atoms. The van der Waals surface area contributed by atoms with Gasteiger partial charge in [-0.1, -0.05) is 12.1 Å². The molecule has 0 aliphatic carbocycles. The van der Waals surface area contributed by atoms with Gasteiger partial charge in [-0.3, -0.25) is 14.3 Å². The minimum atomic E-state index is -0.923. The summed E-state index contributed by atoms with van der Waals surface area (Å²) in [7, 11) is 2.82. The number of ether oxygens (including phenoxy) is 3. The minimum Gasteiger partial charge on any atom is -0.497 e. The van der Waals surface area contributed by atoms with Crippen LogP contribution >= 0.6 is 0 Å². The predicted octanol–water partition coefficient (Wildman–Crippen LogP) is 2.19. The molecule has 0 unspecified atom stereocenters. The molecule has 40 heavy (non-hydrogen) atoms. The van der Waals surface area contributed by atoms with E-state index in [1.54, 1.807) is 40.0 Å². The Bertz CT molecular complexity index is 1160. The number of methoxy groups -OCH3 is 2. The number of rotatable bonds is 13. The van der Waals surface area contributed by atoms with E-state index >= 15 is 0 Å². The SMILES string of the molecule is COC(=O)c1cc(NC(=O)[C@H](CCCCNC(=O)OC(C)(C)C)NC(=O)[C@H](C)N)nn1Cc1ccc(OC)cc1. The van der Waals surface area contributed by atoms with Crippen LogP contribution in [-0.2, 0) is 25.6 Å². The van der Waals surface area contributed by atoms with Crippen LogP contribution in [0.5, 0.6) is 5.75 Å². The van der Waals surface area contributed by atoms with Gasteiger partial charge in [0.25, 0.3) is 0 Å². The number of amides is 3. The van der Waals surface area contributed by atoms with Crippen molar-refractivity contribution >= 4 is 29.7 Å². The van der Waals surface area contributed by atoms with Crippen LogP contribution in [0.3, 0.4) is 0 Å². The van der Waals surface area contributed by atoms with Crippen LogP contribution in [0.1, 0.15) is 63.0 Å². The molecular weight excluding hydrogens is 520 g/mol. The van der Waals surface area contributed by atoms with Crippen molar-refractivity contribution in [3.8, 4) is 5.75 Å². The van der Waals surface area contributed by atoms with Gasteiger partial charge in [-0.2, -0.15) is 5.10 Å². The van der Waals surface area contributed by atoms with Crippen molar-refractivity contribution in [3.05, 3.63) is 41.6 Å². The summed E-state index contributed by atoms with van der Waals surface area (Å²) in [5, 5.41) is 12.3. The van der Waals surface area contributed by atoms with E-state index in [0.29, 0.717) is 25.1 Å². The third kappa shape index (κ3) is 10.6. The zero-order valence-electron chi connectivity index (χ0n) is 23.9. The van der Waals surface area contributed by atoms with E-state index < -0.39 is 41.6 Å². The molecule has 13 nitrogen and oxygen atoms in total. The maximum absolute atomic E-state index is 13.2. The Hall–Kier alpha value is -4.13. The highest BCUT2D eigenvalue weighted by Gasteiger charge is 2.24. The number of nitrogens with zero attached hydrogens (tertiary/aromatic N) is 2. The number of nitrogens with one attached hydrogen (secondary N) is 3. The number of hydrogen-bond acceptors (Lipinski definition) is 9. The molecule has 2 aromatic rings. The van der Waals surface area contributed by atoms with Crippen molar-refractivity contribution in [2.45, 2.75) is 71.2 Å². The van der Waals surface area contributed by atoms with Gasteiger partial charge in [0.1, 0.15) is 23.1 Å². The van der Waals surface area contributed by atoms with E-state index in [4.69, 9.17) is 19.9 Å². The van der Waals surface area contributed by atoms with Gasteiger partial charge in [0.05, 0.1) is 26.8 Å². The number of alkyl carbamates (subject to hydrolysis) is 1. The Balaban J connectivity index is 2.09. The molecule has 220 valence electrons. The van der Waals surface area contributed by atoms with Crippen LogP contribution in [0.15, 0.2) is 30.3 Å². The molecule has 1 aromatic heterocycles. The first-order valence-electron chi connectivity index (χ1n) is 13.0. The highest BCUT2D eigenvalue weighted by Crippen LogP contribution is 2.17. The zero-order valence-corrected chi connectivity index (χ0v) is 23.9. The number of unbranched alkanes of at least 4 members (excludes halogenated alkanes) is 1. The molecule has 0 fully saturated rings. The lowest BCUT2D eigenvalue weighted by Crippen LogP contribution is -2.49. The lowest BCUT2D eigenvalue weighted by Gasteiger charge is -2.20. The molecule has 5 N–H and O–H groups in total. The number of hydrogen-bond donors (Lipinski definition) is 4. The number of anilines is 1. The second-order valence-electron chi connectivity index (χ2n) is 10.2. The molecule has 2 rings (SSSR count). The van der Waals surface area contributed by atoms with Gasteiger partial charge in [0.15, 0.2) is 5.82 Å². The fourth-order valence-corrected chi connectivity index (χ4v) is 3.53. The number of carbonyl (C=O) groups excluding carboxylic acids is 4. The van der Waals surface area contributed by atoms with Crippen LogP contribution in [-0.4, -0.2) is 72.1 Å². The molecule has 0 bridgehead atoms. The van der Waals surface area contributed by atoms with Gasteiger partial charge in [0.2, 0.25) is 11.8 Å². The van der Waals surface area contributed by atoms with Gasteiger partial charge < -0.3 is 35.9 Å². The molecule has 0 saturated heterocycles. The zero-order chi connectivity index (χ0) is 29.9. The van der Waals surface area contributed by atoms with Crippen molar-refractivity contribution in [2.24, 2.45) is 5.73 Å². The quantitative estimate of drug-likeness (QED) is 0.211. The predicted molar refractivity (Wildman–Crippen MR) is 148 cm³/mol. The van der Waals surface area contributed by atoms with Gasteiger partial charge in [-0.15, -0.1) is 0 Å². The molecule has 0 saturated carbocycles. The van der Waals surface area contributed by atoms with Crippen molar-refractivity contribution < 1.29 is 33.4 Å². The average Bonchev–Trinajstić information content (AvgIpc) is 3.28. The number of benzene rings is 1. The van der Waals surface area contributed by atoms with Crippen LogP contribution in [0.2, 0.25) is 0 Å². The van der Waals surface area contributed by atoms with E-state index in [0.717, 1.165) is 5.56 Å². The van der Waals surface area contributed by atoms with E-state index in [1.807, 2.05) is 12.1 Å². The van der Waals surface area contributed by atoms with Crippen LogP contribution in [0.4, 0.5) is 10.6 Å². The van der Waals surface area contributed by atoms with Crippen LogP contribution < -0.4 is 26.4 Å². The van der Waals surface area contributed by atoms with E-state index in [9.17, 15) is 19.2 Å². The monoisotopic (exact) mass is 560 g/mol. The normalized spacial score (nSPS) is 12.6. The molecule has 2 atom stereocenters. The fourth-order valence-electron chi connectivity index (χ4n) is 3.53. The Kier molecular flexibility index (Phi) is 11.9. The molecule has 0 aliphatic rings. The summed E-state index contributed by atoms with van der Waals surface area (Å²) >= 11 is 0. The second-order valence-corrected chi connectivity index (χ2v) is 10.2. The summed E-state index contributed by atoms with van der Waals surface area (Å²) in [6.45, 7) is 7.40. The molecule has 13 heteroatoms. The van der Waals surface area contributed by atoms with Gasteiger partial charge in [-0.05, 0) is 64.7 Å². The second kappa shape index (κ2) is 14.9. The first kappa shape index (κ1) is 32.1. The number of carbonyl (C=O) groups is 4. The highest BCUT2D eigenvalue weighted by atomic mass is 16.6. The maximum Gasteiger partial charge on any atom is 0.407 e. The summed E-state index contributed by atoms with van der Waals surface area (Å²) in [5.74, 6) is -0.843. The van der Waals surface area contributed by atoms with Crippen molar-refractivity contribution in [2.75, 3.05) is 26.1 Å². The van der Waals surface area contributed by atoms with Crippen molar-refractivity contribution in [1.82, 2.24) is 20.4 Å². The highest BCUT2D eigenvalue weighted by molar-refractivity contribution is 5.98. The number of aromatic nitrogens is 2. The third-order valence-electron chi connectivity index (χ3n) is 5.55. The summed E-state index contributed by atoms with van der Waals surface area (Å²) in [5.41, 5.74) is 6.05. The van der Waals surface area contributed by atoms with Crippen molar-refractivity contribution in [1.29, 1.82) is 0 Å². The number of nitrogens with two attached hydrogens (primary N) is 1. The van der Waals surface area contributed by atoms with Gasteiger partial charge in [0, 0.05) is 12.6 Å². The Morgan fingerprint density at radius 2 is 1.73 bits per heavy atom. The molecule has 1 heterocycles. The van der Waals surface area contributed by atoms with Crippen LogP contribution in [0, 0.1) is 0 Å². The minimum absolute atomic E-state index is 0.116. The van der Waals surface area contributed by atoms with Gasteiger partial charge >= 0.3 is 12.1 Å². The average molecular weight is 561 g/mol. The maximum atomic E-state index is 13.2. The lowest BCUT2D eigenvalue weighted by molar-refractivity contribution is -0.127. The standard InChI is InChI=1S/C27H40N6O7/c1-17(28)23(34)30-20(9-7-8-14-29-26(37)40-27(2,3)4)24(35)31-22-15-21(25(36)39-6)33(32-22)16-18-10-12-19(38-5)13-11-18/h10-13,15,17,20H,7-9,14,16,28H2,1-6H3,(H,29,37)(H,30,34)(H,31,32,35)/t17-,20-/m0/s1. The van der Waals surface area contributed by atoms with E-state index in [2.05, 4.69) is 21.0 Å².